The van der Waals surface area contributed by atoms with Crippen LogP contribution in [-0.4, -0.2) is 35.2 Å². The van der Waals surface area contributed by atoms with Gasteiger partial charge in [-0.3, -0.25) is 9.59 Å². The van der Waals surface area contributed by atoms with E-state index in [0.29, 0.717) is 18.3 Å². The number of carbonyl (C=O) groups excluding carboxylic acids is 2. The van der Waals surface area contributed by atoms with Crippen LogP contribution in [0.15, 0.2) is 36.5 Å². The highest BCUT2D eigenvalue weighted by Crippen LogP contribution is 2.32. The number of hydrogen-bond donors (Lipinski definition) is 1. The number of aromatic nitrogens is 2. The van der Waals surface area contributed by atoms with Crippen LogP contribution in [0.25, 0.3) is 0 Å². The number of ether oxygens (including phenoxy) is 1. The number of nitrogens with one attached hydrogen (secondary N) is 1. The lowest BCUT2D eigenvalue weighted by atomic mass is 10.1. The van der Waals surface area contributed by atoms with E-state index in [9.17, 15) is 9.59 Å². The molecule has 7 heteroatoms. The molecule has 0 spiro atoms. The number of rotatable bonds is 5. The first kappa shape index (κ1) is 17.6. The minimum Gasteiger partial charge on any atom is -0.497 e. The summed E-state index contributed by atoms with van der Waals surface area (Å²) in [4.78, 5) is 26.9. The fourth-order valence-electron chi connectivity index (χ4n) is 3.99. The van der Waals surface area contributed by atoms with Crippen molar-refractivity contribution in [1.29, 1.82) is 0 Å². The Kier molecular flexibility index (Phi) is 4.83. The lowest BCUT2D eigenvalue weighted by Crippen LogP contribution is -2.29. The Morgan fingerprint density at radius 3 is 2.85 bits per heavy atom. The maximum absolute atomic E-state index is 12.8. The Labute approximate surface area is 158 Å². The van der Waals surface area contributed by atoms with Gasteiger partial charge >= 0.3 is 0 Å². The molecule has 0 bridgehead atoms. The molecule has 2 fully saturated rings. The zero-order chi connectivity index (χ0) is 18.8. The van der Waals surface area contributed by atoms with Gasteiger partial charge in [-0.2, -0.15) is 5.10 Å². The second-order valence-electron chi connectivity index (χ2n) is 7.20. The van der Waals surface area contributed by atoms with Gasteiger partial charge in [0.15, 0.2) is 0 Å². The largest absolute Gasteiger partial charge is 0.497 e. The normalized spacial score (nSPS) is 20.3. The Hall–Kier alpha value is -2.83. The number of amides is 2. The first-order valence-corrected chi connectivity index (χ1v) is 9.44. The summed E-state index contributed by atoms with van der Waals surface area (Å²) in [5.41, 5.74) is 0.755. The number of anilines is 2. The summed E-state index contributed by atoms with van der Waals surface area (Å²) >= 11 is 0. The summed E-state index contributed by atoms with van der Waals surface area (Å²) in [7, 11) is 1.59. The van der Waals surface area contributed by atoms with Crippen molar-refractivity contribution >= 4 is 23.3 Å². The molecule has 0 radical (unpaired) electrons. The molecule has 2 aliphatic rings. The number of hydrogen-bond acceptors (Lipinski definition) is 4. The zero-order valence-electron chi connectivity index (χ0n) is 15.4. The van der Waals surface area contributed by atoms with E-state index >= 15 is 0 Å². The summed E-state index contributed by atoms with van der Waals surface area (Å²) in [6.45, 7) is 0.370. The quantitative estimate of drug-likeness (QED) is 0.880. The fraction of sp³-hybridized carbons (Fsp3) is 0.450. The van der Waals surface area contributed by atoms with E-state index in [2.05, 4.69) is 10.4 Å². The van der Waals surface area contributed by atoms with Gasteiger partial charge in [0.1, 0.15) is 11.6 Å². The van der Waals surface area contributed by atoms with Crippen LogP contribution < -0.4 is 15.0 Å². The number of benzene rings is 1. The molecule has 1 aliphatic carbocycles. The molecule has 2 aromatic rings. The molecule has 1 unspecified atom stereocenters. The second kappa shape index (κ2) is 7.42. The molecule has 7 nitrogen and oxygen atoms in total. The van der Waals surface area contributed by atoms with Crippen LogP contribution >= 0.6 is 0 Å². The van der Waals surface area contributed by atoms with Crippen molar-refractivity contribution in [2.45, 2.75) is 38.1 Å². The molecule has 27 heavy (non-hydrogen) atoms. The van der Waals surface area contributed by atoms with Crippen LogP contribution in [-0.2, 0) is 9.59 Å². The van der Waals surface area contributed by atoms with Crippen LogP contribution in [0.3, 0.4) is 0 Å². The predicted molar refractivity (Wildman–Crippen MR) is 102 cm³/mol. The summed E-state index contributed by atoms with van der Waals surface area (Å²) < 4.78 is 7.15. The average molecular weight is 368 g/mol. The Balaban J connectivity index is 1.44. The lowest BCUT2D eigenvalue weighted by Gasteiger charge is -2.18. The molecule has 4 rings (SSSR count). The van der Waals surface area contributed by atoms with E-state index in [1.165, 1.54) is 12.8 Å². The van der Waals surface area contributed by atoms with Crippen LogP contribution in [0.5, 0.6) is 5.75 Å². The summed E-state index contributed by atoms with van der Waals surface area (Å²) in [5, 5.41) is 7.37. The number of carbonyl (C=O) groups is 2. The van der Waals surface area contributed by atoms with Crippen molar-refractivity contribution in [2.75, 3.05) is 23.9 Å². The third kappa shape index (κ3) is 3.54. The smallest absolute Gasteiger partial charge is 0.230 e. The van der Waals surface area contributed by atoms with Gasteiger partial charge in [0, 0.05) is 30.8 Å². The highest BCUT2D eigenvalue weighted by molar-refractivity contribution is 6.03. The Morgan fingerprint density at radius 1 is 1.26 bits per heavy atom. The van der Waals surface area contributed by atoms with E-state index in [1.807, 2.05) is 35.0 Å². The third-order valence-corrected chi connectivity index (χ3v) is 5.45. The third-order valence-electron chi connectivity index (χ3n) is 5.45. The fourth-order valence-corrected chi connectivity index (χ4v) is 3.99. The molecule has 2 amide bonds. The first-order valence-electron chi connectivity index (χ1n) is 9.44. The molecule has 142 valence electrons. The summed E-state index contributed by atoms with van der Waals surface area (Å²) in [6.07, 6.45) is 6.51. The Bertz CT molecular complexity index is 841. The zero-order valence-corrected chi connectivity index (χ0v) is 15.4. The Morgan fingerprint density at radius 2 is 2.07 bits per heavy atom. The van der Waals surface area contributed by atoms with Gasteiger partial charge in [-0.25, -0.2) is 4.68 Å². The van der Waals surface area contributed by atoms with E-state index in [4.69, 9.17) is 4.74 Å². The van der Waals surface area contributed by atoms with Gasteiger partial charge in [0.25, 0.3) is 0 Å². The van der Waals surface area contributed by atoms with Crippen molar-refractivity contribution < 1.29 is 14.3 Å². The molecule has 1 aliphatic heterocycles. The van der Waals surface area contributed by atoms with Gasteiger partial charge in [-0.05, 0) is 25.0 Å². The van der Waals surface area contributed by atoms with Crippen LogP contribution in [0.4, 0.5) is 11.5 Å². The highest BCUT2D eigenvalue weighted by Gasteiger charge is 2.35. The van der Waals surface area contributed by atoms with E-state index in [0.717, 1.165) is 24.3 Å². The number of methoxy groups -OCH3 is 1. The average Bonchev–Trinajstić information content (AvgIpc) is 3.42. The van der Waals surface area contributed by atoms with Crippen LogP contribution in [0.1, 0.15) is 38.1 Å². The lowest BCUT2D eigenvalue weighted by molar-refractivity contribution is -0.122. The molecule has 1 N–H and O–H groups in total. The topological polar surface area (TPSA) is 76.5 Å². The maximum atomic E-state index is 12.8. The van der Waals surface area contributed by atoms with Gasteiger partial charge in [0.05, 0.1) is 25.3 Å². The summed E-state index contributed by atoms with van der Waals surface area (Å²) in [6, 6.07) is 9.53. The molecule has 1 aromatic heterocycles. The van der Waals surface area contributed by atoms with Crippen LogP contribution in [0.2, 0.25) is 0 Å². The van der Waals surface area contributed by atoms with E-state index in [-0.39, 0.29) is 24.2 Å². The standard InChI is InChI=1S/C20H24N4O3/c1-27-17-8-4-7-16(12-17)23-13-14(11-19(23)25)20(26)22-18-9-10-21-24(18)15-5-2-3-6-15/h4,7-10,12,14-15H,2-3,5-6,11,13H2,1H3,(H,22,26). The minimum absolute atomic E-state index is 0.0484. The molecule has 1 saturated heterocycles. The van der Waals surface area contributed by atoms with E-state index < -0.39 is 0 Å². The maximum Gasteiger partial charge on any atom is 0.230 e. The van der Waals surface area contributed by atoms with Crippen LogP contribution in [0, 0.1) is 5.92 Å². The van der Waals surface area contributed by atoms with Crippen molar-refractivity contribution in [1.82, 2.24) is 9.78 Å². The minimum atomic E-state index is -0.379. The molecule has 2 heterocycles. The van der Waals surface area contributed by atoms with Gasteiger partial charge in [-0.15, -0.1) is 0 Å². The van der Waals surface area contributed by atoms with Gasteiger partial charge in [-0.1, -0.05) is 18.9 Å². The van der Waals surface area contributed by atoms with E-state index in [1.54, 1.807) is 18.2 Å². The SMILES string of the molecule is COc1cccc(N2CC(C(=O)Nc3ccnn3C3CCCC3)CC2=O)c1. The molecule has 1 aromatic carbocycles. The molecule has 1 saturated carbocycles. The van der Waals surface area contributed by atoms with Crippen molar-refractivity contribution in [2.24, 2.45) is 5.92 Å². The second-order valence-corrected chi connectivity index (χ2v) is 7.20. The predicted octanol–water partition coefficient (Wildman–Crippen LogP) is 3.00. The van der Waals surface area contributed by atoms with Gasteiger partial charge < -0.3 is 15.0 Å². The van der Waals surface area contributed by atoms with Crippen molar-refractivity contribution in [3.8, 4) is 5.75 Å². The molecular formula is C20H24N4O3. The first-order chi connectivity index (χ1) is 13.2. The highest BCUT2D eigenvalue weighted by atomic mass is 16.5. The number of nitrogens with zero attached hydrogens (tertiary/aromatic N) is 3. The summed E-state index contributed by atoms with van der Waals surface area (Å²) in [5.74, 6) is 0.852. The van der Waals surface area contributed by atoms with Gasteiger partial charge in [0.2, 0.25) is 11.8 Å². The molecule has 1 atom stereocenters. The van der Waals surface area contributed by atoms with Crippen molar-refractivity contribution in [3.05, 3.63) is 36.5 Å². The molecular weight excluding hydrogens is 344 g/mol. The monoisotopic (exact) mass is 368 g/mol. The van der Waals surface area contributed by atoms with Crippen molar-refractivity contribution in [3.63, 3.8) is 0 Å².